The molecule has 3 nitrogen and oxygen atoms in total. The average molecular weight is 388 g/mol. The van der Waals surface area contributed by atoms with Crippen LogP contribution in [0, 0.1) is 5.82 Å². The Morgan fingerprint density at radius 3 is 2.59 bits per heavy atom. The fourth-order valence-corrected chi connectivity index (χ4v) is 3.31. The van der Waals surface area contributed by atoms with E-state index in [9.17, 15) is 9.18 Å². The number of nitrogens with zero attached hydrogens (tertiary/aromatic N) is 1. The van der Waals surface area contributed by atoms with E-state index in [2.05, 4.69) is 0 Å². The number of carbonyl (C=O) groups excluding carboxylic acids is 1. The van der Waals surface area contributed by atoms with Crippen LogP contribution in [-0.4, -0.2) is 23.1 Å². The molecule has 0 N–H and O–H groups in total. The van der Waals surface area contributed by atoms with Gasteiger partial charge in [-0.15, -0.1) is 0 Å². The van der Waals surface area contributed by atoms with Crippen molar-refractivity contribution in [1.82, 2.24) is 4.90 Å². The van der Waals surface area contributed by atoms with Crippen molar-refractivity contribution in [3.05, 3.63) is 76.1 Å². The number of carbonyl (C=O) groups is 1. The molecular weight excluding hydrogens is 365 g/mol. The second-order valence-corrected chi connectivity index (χ2v) is 8.06. The highest BCUT2D eigenvalue weighted by atomic mass is 35.5. The van der Waals surface area contributed by atoms with Crippen LogP contribution in [0.2, 0.25) is 5.02 Å². The molecule has 0 aliphatic carbocycles. The van der Waals surface area contributed by atoms with Crippen LogP contribution in [0.15, 0.2) is 48.5 Å². The molecule has 1 heterocycles. The lowest BCUT2D eigenvalue weighted by molar-refractivity contribution is 0.0185. The van der Waals surface area contributed by atoms with Gasteiger partial charge in [0, 0.05) is 11.6 Å². The molecule has 2 aromatic rings. The molecule has 1 atom stereocenters. The Bertz CT molecular complexity index is 856. The van der Waals surface area contributed by atoms with Crippen molar-refractivity contribution in [1.29, 1.82) is 0 Å². The van der Waals surface area contributed by atoms with Crippen LogP contribution >= 0.6 is 11.6 Å². The predicted octanol–water partition coefficient (Wildman–Crippen LogP) is 6.03. The molecule has 0 spiro atoms. The van der Waals surface area contributed by atoms with Crippen LogP contribution in [0.1, 0.15) is 43.5 Å². The summed E-state index contributed by atoms with van der Waals surface area (Å²) in [5.74, 6) is -0.280. The fraction of sp³-hybridized carbons (Fsp3) is 0.318. The van der Waals surface area contributed by atoms with Crippen molar-refractivity contribution in [2.75, 3.05) is 6.54 Å². The van der Waals surface area contributed by atoms with Crippen LogP contribution in [0.25, 0.3) is 6.08 Å². The third-order valence-electron chi connectivity index (χ3n) is 4.35. The molecule has 0 aromatic heterocycles. The number of rotatable bonds is 2. The molecular formula is C22H23ClFNO2. The first-order valence-corrected chi connectivity index (χ1v) is 9.32. The van der Waals surface area contributed by atoms with Crippen molar-refractivity contribution in [3.8, 4) is 0 Å². The third kappa shape index (κ3) is 4.89. The lowest BCUT2D eigenvalue weighted by atomic mass is 9.92. The Morgan fingerprint density at radius 2 is 1.93 bits per heavy atom. The predicted molar refractivity (Wildman–Crippen MR) is 106 cm³/mol. The maximum Gasteiger partial charge on any atom is 0.411 e. The Balaban J connectivity index is 1.95. The summed E-state index contributed by atoms with van der Waals surface area (Å²) in [5, 5.41) is 0.625. The molecule has 1 amide bonds. The van der Waals surface area contributed by atoms with Gasteiger partial charge in [0.05, 0.1) is 6.04 Å². The van der Waals surface area contributed by atoms with Gasteiger partial charge in [-0.05, 0) is 68.1 Å². The highest BCUT2D eigenvalue weighted by Gasteiger charge is 2.32. The van der Waals surface area contributed by atoms with Gasteiger partial charge in [0.25, 0.3) is 0 Å². The third-order valence-corrected chi connectivity index (χ3v) is 4.59. The van der Waals surface area contributed by atoms with E-state index < -0.39 is 5.60 Å². The van der Waals surface area contributed by atoms with E-state index in [0.29, 0.717) is 11.6 Å². The number of amides is 1. The van der Waals surface area contributed by atoms with E-state index >= 15 is 0 Å². The second kappa shape index (κ2) is 7.73. The molecule has 0 unspecified atom stereocenters. The minimum Gasteiger partial charge on any atom is -0.444 e. The summed E-state index contributed by atoms with van der Waals surface area (Å²) < 4.78 is 18.7. The summed E-state index contributed by atoms with van der Waals surface area (Å²) in [5.41, 5.74) is 2.43. The van der Waals surface area contributed by atoms with Crippen molar-refractivity contribution in [2.24, 2.45) is 0 Å². The first kappa shape index (κ1) is 19.4. The highest BCUT2D eigenvalue weighted by Crippen LogP contribution is 2.34. The Kier molecular flexibility index (Phi) is 5.56. The topological polar surface area (TPSA) is 29.5 Å². The van der Waals surface area contributed by atoms with Gasteiger partial charge < -0.3 is 4.74 Å². The number of halogens is 2. The molecule has 1 aliphatic heterocycles. The number of fused-ring (bicyclic) bond motifs is 1. The van der Waals surface area contributed by atoms with E-state index in [-0.39, 0.29) is 18.0 Å². The van der Waals surface area contributed by atoms with Crippen molar-refractivity contribution >= 4 is 23.8 Å². The molecule has 3 rings (SSSR count). The van der Waals surface area contributed by atoms with Gasteiger partial charge in [-0.2, -0.15) is 0 Å². The molecule has 0 radical (unpaired) electrons. The molecule has 1 aliphatic rings. The minimum atomic E-state index is -0.573. The second-order valence-electron chi connectivity index (χ2n) is 7.62. The van der Waals surface area contributed by atoms with Gasteiger partial charge in [0.15, 0.2) is 0 Å². The first-order valence-electron chi connectivity index (χ1n) is 8.95. The summed E-state index contributed by atoms with van der Waals surface area (Å²) in [6, 6.07) is 11.7. The van der Waals surface area contributed by atoms with Gasteiger partial charge in [0.2, 0.25) is 0 Å². The molecule has 5 heteroatoms. The van der Waals surface area contributed by atoms with Crippen LogP contribution in [0.5, 0.6) is 0 Å². The number of hydrogen-bond acceptors (Lipinski definition) is 2. The molecule has 0 fully saturated rings. The summed E-state index contributed by atoms with van der Waals surface area (Å²) in [4.78, 5) is 14.5. The standard InChI is InChI=1S/C22H23ClFNO2/c1-22(2,3)27-21(26)25-13-12-16-7-8-17(23)14-19(16)20(25)11-6-15-4-9-18(24)10-5-15/h4-11,14,20H,12-13H2,1-3H3/b11-6+/t20-/m1/s1. The zero-order chi connectivity index (χ0) is 19.6. The van der Waals surface area contributed by atoms with E-state index in [0.717, 1.165) is 23.1 Å². The molecule has 2 aromatic carbocycles. The smallest absolute Gasteiger partial charge is 0.411 e. The number of ether oxygens (including phenoxy) is 1. The molecule has 0 bridgehead atoms. The largest absolute Gasteiger partial charge is 0.444 e. The van der Waals surface area contributed by atoms with Crippen molar-refractivity contribution in [3.63, 3.8) is 0 Å². The zero-order valence-electron chi connectivity index (χ0n) is 15.7. The van der Waals surface area contributed by atoms with E-state index in [1.165, 1.54) is 12.1 Å². The normalized spacial score (nSPS) is 17.1. The minimum absolute atomic E-state index is 0.280. The zero-order valence-corrected chi connectivity index (χ0v) is 16.5. The van der Waals surface area contributed by atoms with Crippen LogP contribution in [0.3, 0.4) is 0 Å². The van der Waals surface area contributed by atoms with Crippen LogP contribution in [0.4, 0.5) is 9.18 Å². The van der Waals surface area contributed by atoms with Crippen LogP contribution < -0.4 is 0 Å². The van der Waals surface area contributed by atoms with Crippen molar-refractivity contribution in [2.45, 2.75) is 38.8 Å². The molecule has 0 saturated heterocycles. The summed E-state index contributed by atoms with van der Waals surface area (Å²) in [6.45, 7) is 6.11. The fourth-order valence-electron chi connectivity index (χ4n) is 3.13. The molecule has 0 saturated carbocycles. The lowest BCUT2D eigenvalue weighted by Crippen LogP contribution is -2.42. The summed E-state index contributed by atoms with van der Waals surface area (Å²) in [6.07, 6.45) is 4.21. The maximum atomic E-state index is 13.1. The Morgan fingerprint density at radius 1 is 1.22 bits per heavy atom. The monoisotopic (exact) mass is 387 g/mol. The van der Waals surface area contributed by atoms with Gasteiger partial charge >= 0.3 is 6.09 Å². The van der Waals surface area contributed by atoms with Gasteiger partial charge in [0.1, 0.15) is 11.4 Å². The van der Waals surface area contributed by atoms with E-state index in [4.69, 9.17) is 16.3 Å². The summed E-state index contributed by atoms with van der Waals surface area (Å²) >= 11 is 6.21. The maximum absolute atomic E-state index is 13.1. The quantitative estimate of drug-likeness (QED) is 0.629. The Labute approximate surface area is 164 Å². The first-order chi connectivity index (χ1) is 12.7. The van der Waals surface area contributed by atoms with Gasteiger partial charge in [-0.1, -0.05) is 42.0 Å². The SMILES string of the molecule is CC(C)(C)OC(=O)N1CCc2ccc(Cl)cc2[C@H]1/C=C/c1ccc(F)cc1. The van der Waals surface area contributed by atoms with E-state index in [1.54, 1.807) is 17.0 Å². The van der Waals surface area contributed by atoms with E-state index in [1.807, 2.05) is 51.1 Å². The molecule has 142 valence electrons. The number of benzene rings is 2. The average Bonchev–Trinajstić information content (AvgIpc) is 2.59. The molecule has 27 heavy (non-hydrogen) atoms. The summed E-state index contributed by atoms with van der Waals surface area (Å²) in [7, 11) is 0. The van der Waals surface area contributed by atoms with Crippen LogP contribution in [-0.2, 0) is 11.2 Å². The van der Waals surface area contributed by atoms with Gasteiger partial charge in [-0.3, -0.25) is 4.90 Å². The lowest BCUT2D eigenvalue weighted by Gasteiger charge is -2.37. The number of hydrogen-bond donors (Lipinski definition) is 0. The highest BCUT2D eigenvalue weighted by molar-refractivity contribution is 6.30. The van der Waals surface area contributed by atoms with Crippen molar-refractivity contribution < 1.29 is 13.9 Å². The Hall–Kier alpha value is -2.33. The van der Waals surface area contributed by atoms with Gasteiger partial charge in [-0.25, -0.2) is 9.18 Å².